The summed E-state index contributed by atoms with van der Waals surface area (Å²) in [5.74, 6) is -0.819. The zero-order valence-electron chi connectivity index (χ0n) is 44.1. The van der Waals surface area contributed by atoms with Gasteiger partial charge in [-0.2, -0.15) is 0 Å². The molecule has 2 unspecified atom stereocenters. The summed E-state index contributed by atoms with van der Waals surface area (Å²) in [6, 6.07) is 0. The number of rotatable bonds is 53. The van der Waals surface area contributed by atoms with Crippen LogP contribution in [-0.4, -0.2) is 49.3 Å². The highest BCUT2D eigenvalue weighted by Gasteiger charge is 2.26. The molecule has 0 rings (SSSR count). The minimum atomic E-state index is -4.39. The number of nitrogens with two attached hydrogens (primary N) is 1. The molecule has 0 amide bonds. The van der Waals surface area contributed by atoms with Crippen LogP contribution >= 0.6 is 7.82 Å². The second kappa shape index (κ2) is 54.1. The third kappa shape index (κ3) is 53.1. The van der Waals surface area contributed by atoms with Crippen molar-refractivity contribution in [1.82, 2.24) is 0 Å². The van der Waals surface area contributed by atoms with Crippen LogP contribution in [0.5, 0.6) is 0 Å². The molecule has 0 aromatic heterocycles. The topological polar surface area (TPSA) is 134 Å². The molecule has 0 saturated heterocycles. The number of phosphoric acid groups is 1. The first kappa shape index (κ1) is 65.7. The highest BCUT2D eigenvalue weighted by atomic mass is 31.2. The van der Waals surface area contributed by atoms with Gasteiger partial charge >= 0.3 is 19.8 Å². The average molecular weight is 976 g/mol. The van der Waals surface area contributed by atoms with E-state index in [-0.39, 0.29) is 38.6 Å². The quantitative estimate of drug-likeness (QED) is 0.0264. The average Bonchev–Trinajstić information content (AvgIpc) is 3.33. The van der Waals surface area contributed by atoms with E-state index in [0.29, 0.717) is 6.42 Å². The zero-order chi connectivity index (χ0) is 49.5. The van der Waals surface area contributed by atoms with Gasteiger partial charge in [0.15, 0.2) is 6.10 Å². The molecule has 0 heterocycles. The lowest BCUT2D eigenvalue weighted by Gasteiger charge is -2.19. The van der Waals surface area contributed by atoms with Gasteiger partial charge in [0.1, 0.15) is 6.61 Å². The maximum atomic E-state index is 12.7. The number of esters is 2. The Morgan fingerprint density at radius 2 is 0.809 bits per heavy atom. The van der Waals surface area contributed by atoms with Crippen LogP contribution in [0.25, 0.3) is 0 Å². The fourth-order valence-electron chi connectivity index (χ4n) is 8.02. The Morgan fingerprint density at radius 3 is 1.21 bits per heavy atom. The number of carbonyl (C=O) groups is 2. The highest BCUT2D eigenvalue weighted by molar-refractivity contribution is 7.47. The van der Waals surface area contributed by atoms with Crippen molar-refractivity contribution in [3.05, 3.63) is 60.8 Å². The van der Waals surface area contributed by atoms with Gasteiger partial charge in [-0.25, -0.2) is 4.57 Å². The second-order valence-corrected chi connectivity index (χ2v) is 20.2. The van der Waals surface area contributed by atoms with Crippen molar-refractivity contribution in [3.8, 4) is 0 Å². The number of allylic oxidation sites excluding steroid dienone is 10. The third-order valence-corrected chi connectivity index (χ3v) is 13.2. The predicted molar refractivity (Wildman–Crippen MR) is 289 cm³/mol. The van der Waals surface area contributed by atoms with E-state index in [4.69, 9.17) is 24.3 Å². The number of hydrogen-bond acceptors (Lipinski definition) is 8. The van der Waals surface area contributed by atoms with Crippen molar-refractivity contribution in [3.63, 3.8) is 0 Å². The molecule has 0 radical (unpaired) electrons. The monoisotopic (exact) mass is 976 g/mol. The van der Waals surface area contributed by atoms with Gasteiger partial charge in [0.25, 0.3) is 0 Å². The molecule has 9 nitrogen and oxygen atoms in total. The minimum Gasteiger partial charge on any atom is -0.462 e. The van der Waals surface area contributed by atoms with Crippen molar-refractivity contribution >= 4 is 19.8 Å². The molecule has 0 saturated carbocycles. The Labute approximate surface area is 419 Å². The largest absolute Gasteiger partial charge is 0.472 e. The van der Waals surface area contributed by atoms with E-state index in [0.717, 1.165) is 70.6 Å². The number of hydrogen-bond donors (Lipinski definition) is 2. The highest BCUT2D eigenvalue weighted by Crippen LogP contribution is 2.43. The summed E-state index contributed by atoms with van der Waals surface area (Å²) < 4.78 is 33.0. The fourth-order valence-corrected chi connectivity index (χ4v) is 8.78. The lowest BCUT2D eigenvalue weighted by Crippen LogP contribution is -2.29. The van der Waals surface area contributed by atoms with Crippen LogP contribution in [0.3, 0.4) is 0 Å². The molecule has 396 valence electrons. The Balaban J connectivity index is 3.96. The van der Waals surface area contributed by atoms with Gasteiger partial charge < -0.3 is 20.1 Å². The maximum Gasteiger partial charge on any atom is 0.472 e. The number of carbonyl (C=O) groups excluding carboxylic acids is 2. The summed E-state index contributed by atoms with van der Waals surface area (Å²) in [6.45, 7) is 3.66. The Hall–Kier alpha value is -2.29. The minimum absolute atomic E-state index is 0.0533. The second-order valence-electron chi connectivity index (χ2n) is 18.8. The van der Waals surface area contributed by atoms with Gasteiger partial charge in [-0.3, -0.25) is 18.6 Å². The molecule has 0 spiro atoms. The molecule has 2 atom stereocenters. The first-order valence-electron chi connectivity index (χ1n) is 28.3. The van der Waals surface area contributed by atoms with Crippen molar-refractivity contribution < 1.29 is 37.6 Å². The fraction of sp³-hybridized carbons (Fsp3) is 0.793. The molecule has 0 aliphatic rings. The van der Waals surface area contributed by atoms with Crippen LogP contribution in [-0.2, 0) is 32.7 Å². The van der Waals surface area contributed by atoms with Crippen LogP contribution in [0.2, 0.25) is 0 Å². The number of ether oxygens (including phenoxy) is 2. The van der Waals surface area contributed by atoms with E-state index in [9.17, 15) is 19.0 Å². The molecular weight excluding hydrogens is 870 g/mol. The standard InChI is InChI=1S/C58H106NO8P/c1-3-5-7-9-11-13-15-17-19-21-23-24-25-26-27-28-29-30-31-32-33-35-37-39-41-43-45-47-49-51-58(61)67-56(55-66-68(62,63)65-53-52-59)54-64-57(60)50-48-46-44-42-40-38-36-34-22-20-18-16-14-12-10-8-6-4-2/h5,7,11,13,17,19,23-24,26-27,56H,3-4,6,8-10,12,14-16,18,20-22,25,28-55,59H2,1-2H3,(H,62,63)/b7-5-,13-11-,19-17-,24-23-,27-26-. The number of phosphoric ester groups is 1. The Kier molecular flexibility index (Phi) is 52.2. The van der Waals surface area contributed by atoms with E-state index in [2.05, 4.69) is 74.6 Å². The van der Waals surface area contributed by atoms with Gasteiger partial charge in [0.2, 0.25) is 0 Å². The van der Waals surface area contributed by atoms with Crippen LogP contribution in [0, 0.1) is 0 Å². The number of unbranched alkanes of at least 4 members (excludes halogenated alkanes) is 30. The molecule has 10 heteroatoms. The summed E-state index contributed by atoms with van der Waals surface area (Å²) in [7, 11) is -4.39. The molecule has 0 fully saturated rings. The molecule has 3 N–H and O–H groups in total. The molecule has 0 aliphatic heterocycles. The van der Waals surface area contributed by atoms with Gasteiger partial charge in [-0.15, -0.1) is 0 Å². The molecule has 0 aromatic rings. The van der Waals surface area contributed by atoms with E-state index in [1.165, 1.54) is 161 Å². The summed E-state index contributed by atoms with van der Waals surface area (Å²) in [5.41, 5.74) is 5.38. The third-order valence-electron chi connectivity index (χ3n) is 12.2. The van der Waals surface area contributed by atoms with E-state index in [1.807, 2.05) is 0 Å². The van der Waals surface area contributed by atoms with Crippen molar-refractivity contribution in [2.75, 3.05) is 26.4 Å². The van der Waals surface area contributed by atoms with Gasteiger partial charge in [-0.05, 0) is 57.8 Å². The van der Waals surface area contributed by atoms with Gasteiger partial charge in [-0.1, -0.05) is 254 Å². The SMILES string of the molecule is CC/C=C\C/C=C\C/C=C\C/C=C\C/C=C\CCCCCCCCCCCCCCCC(=O)OC(COC(=O)CCCCCCCCCCCCCCCCCCCC)COP(=O)(O)OCCN. The predicted octanol–water partition coefficient (Wildman–Crippen LogP) is 17.6. The Morgan fingerprint density at radius 1 is 0.456 bits per heavy atom. The lowest BCUT2D eigenvalue weighted by atomic mass is 10.0. The van der Waals surface area contributed by atoms with Crippen molar-refractivity contribution in [2.45, 2.75) is 270 Å². The van der Waals surface area contributed by atoms with Gasteiger partial charge in [0.05, 0.1) is 13.2 Å². The van der Waals surface area contributed by atoms with E-state index in [1.54, 1.807) is 0 Å². The lowest BCUT2D eigenvalue weighted by molar-refractivity contribution is -0.161. The summed E-state index contributed by atoms with van der Waals surface area (Å²) in [4.78, 5) is 35.1. The maximum absolute atomic E-state index is 12.7. The summed E-state index contributed by atoms with van der Waals surface area (Å²) in [6.07, 6.45) is 67.0. The zero-order valence-corrected chi connectivity index (χ0v) is 45.0. The summed E-state index contributed by atoms with van der Waals surface area (Å²) >= 11 is 0. The van der Waals surface area contributed by atoms with Crippen LogP contribution in [0.1, 0.15) is 264 Å². The molecule has 0 bridgehead atoms. The van der Waals surface area contributed by atoms with Crippen LogP contribution < -0.4 is 5.73 Å². The first-order valence-corrected chi connectivity index (χ1v) is 29.8. The van der Waals surface area contributed by atoms with Gasteiger partial charge in [0, 0.05) is 19.4 Å². The molecular formula is C58H106NO8P. The summed E-state index contributed by atoms with van der Waals surface area (Å²) in [5, 5.41) is 0. The van der Waals surface area contributed by atoms with Crippen molar-refractivity contribution in [2.24, 2.45) is 5.73 Å². The smallest absolute Gasteiger partial charge is 0.462 e. The van der Waals surface area contributed by atoms with Crippen molar-refractivity contribution in [1.29, 1.82) is 0 Å². The van der Waals surface area contributed by atoms with E-state index < -0.39 is 26.5 Å². The first-order chi connectivity index (χ1) is 33.3. The molecule has 0 aromatic carbocycles. The van der Waals surface area contributed by atoms with Crippen LogP contribution in [0.15, 0.2) is 60.8 Å². The molecule has 68 heavy (non-hydrogen) atoms. The normalized spacial score (nSPS) is 13.5. The Bertz CT molecular complexity index is 1300. The molecule has 0 aliphatic carbocycles. The van der Waals surface area contributed by atoms with Crippen LogP contribution in [0.4, 0.5) is 0 Å². The van der Waals surface area contributed by atoms with E-state index >= 15 is 0 Å².